The van der Waals surface area contributed by atoms with E-state index in [1.54, 1.807) is 6.07 Å². The van der Waals surface area contributed by atoms with Gasteiger partial charge >= 0.3 is 0 Å². The van der Waals surface area contributed by atoms with Crippen molar-refractivity contribution < 1.29 is 14.3 Å². The molecule has 0 fully saturated rings. The molecule has 1 amide bonds. The van der Waals surface area contributed by atoms with Crippen molar-refractivity contribution in [1.29, 1.82) is 0 Å². The number of hydrogen-bond acceptors (Lipinski definition) is 4. The molecule has 1 aromatic carbocycles. The highest BCUT2D eigenvalue weighted by molar-refractivity contribution is 6.29. The minimum Gasteiger partial charge on any atom is -0.486 e. The summed E-state index contributed by atoms with van der Waals surface area (Å²) in [7, 11) is 0. The predicted octanol–water partition coefficient (Wildman–Crippen LogP) is 3.00. The summed E-state index contributed by atoms with van der Waals surface area (Å²) in [5.41, 5.74) is 1.42. The maximum Gasteiger partial charge on any atom is 0.251 e. The normalized spacial score (nSPS) is 14.3. The highest BCUT2D eigenvalue weighted by atomic mass is 35.5. The van der Waals surface area contributed by atoms with E-state index in [2.05, 4.69) is 10.3 Å². The first-order chi connectivity index (χ1) is 10.6. The van der Waals surface area contributed by atoms with Crippen molar-refractivity contribution in [3.05, 3.63) is 52.8 Å². The van der Waals surface area contributed by atoms with Crippen LogP contribution in [-0.4, -0.2) is 24.1 Å². The summed E-state index contributed by atoms with van der Waals surface area (Å²) in [6, 6.07) is 8.65. The number of nitrogens with one attached hydrogen (secondary N) is 1. The molecule has 1 unspecified atom stereocenters. The number of aromatic nitrogens is 1. The summed E-state index contributed by atoms with van der Waals surface area (Å²) >= 11 is 5.80. The summed E-state index contributed by atoms with van der Waals surface area (Å²) < 4.78 is 11.0. The fourth-order valence-electron chi connectivity index (χ4n) is 2.24. The third-order valence-electron chi connectivity index (χ3n) is 3.40. The molecule has 3 rings (SSSR count). The summed E-state index contributed by atoms with van der Waals surface area (Å²) in [6.45, 7) is 3.00. The van der Waals surface area contributed by atoms with Gasteiger partial charge in [-0.1, -0.05) is 17.7 Å². The number of ether oxygens (including phenoxy) is 2. The van der Waals surface area contributed by atoms with E-state index < -0.39 is 0 Å². The number of hydrogen-bond donors (Lipinski definition) is 1. The van der Waals surface area contributed by atoms with Crippen LogP contribution in [0.4, 0.5) is 0 Å². The molecule has 0 saturated carbocycles. The van der Waals surface area contributed by atoms with E-state index in [9.17, 15) is 4.79 Å². The molecular weight excluding hydrogens is 304 g/mol. The number of carbonyl (C=O) groups excluding carboxylic acids is 1. The molecule has 0 bridgehead atoms. The number of rotatable bonds is 3. The van der Waals surface area contributed by atoms with Crippen molar-refractivity contribution in [1.82, 2.24) is 10.3 Å². The van der Waals surface area contributed by atoms with Crippen LogP contribution in [0, 0.1) is 0 Å². The van der Waals surface area contributed by atoms with Crippen LogP contribution in [0.5, 0.6) is 11.5 Å². The van der Waals surface area contributed by atoms with Crippen LogP contribution >= 0.6 is 11.6 Å². The summed E-state index contributed by atoms with van der Waals surface area (Å²) in [5.74, 6) is 1.23. The van der Waals surface area contributed by atoms with E-state index >= 15 is 0 Å². The molecule has 1 aromatic heterocycles. The molecule has 2 aromatic rings. The van der Waals surface area contributed by atoms with Gasteiger partial charge in [-0.3, -0.25) is 4.79 Å². The number of carbonyl (C=O) groups is 1. The highest BCUT2D eigenvalue weighted by Crippen LogP contribution is 2.32. The van der Waals surface area contributed by atoms with Crippen LogP contribution in [0.2, 0.25) is 5.15 Å². The molecule has 2 heterocycles. The second kappa shape index (κ2) is 6.23. The number of benzene rings is 1. The smallest absolute Gasteiger partial charge is 0.251 e. The molecule has 1 aliphatic heterocycles. The van der Waals surface area contributed by atoms with E-state index in [1.807, 2.05) is 25.1 Å². The van der Waals surface area contributed by atoms with Crippen molar-refractivity contribution in [3.63, 3.8) is 0 Å². The Bertz CT molecular complexity index is 706. The molecule has 1 atom stereocenters. The monoisotopic (exact) mass is 318 g/mol. The summed E-state index contributed by atoms with van der Waals surface area (Å²) in [4.78, 5) is 16.1. The third kappa shape index (κ3) is 3.14. The Morgan fingerprint density at radius 1 is 1.23 bits per heavy atom. The quantitative estimate of drug-likeness (QED) is 0.884. The maximum atomic E-state index is 12.2. The van der Waals surface area contributed by atoms with Gasteiger partial charge in [0.1, 0.15) is 18.4 Å². The van der Waals surface area contributed by atoms with Crippen molar-refractivity contribution in [3.8, 4) is 11.5 Å². The number of nitrogens with zero attached hydrogens (tertiary/aromatic N) is 1. The third-order valence-corrected chi connectivity index (χ3v) is 3.61. The molecule has 5 nitrogen and oxygen atoms in total. The lowest BCUT2D eigenvalue weighted by atomic mass is 10.1. The molecule has 0 radical (unpaired) electrons. The largest absolute Gasteiger partial charge is 0.486 e. The van der Waals surface area contributed by atoms with Gasteiger partial charge < -0.3 is 14.8 Å². The standard InChI is InChI=1S/C16H15ClN2O3/c1-10(19-16(20)12-4-5-18-15(17)9-12)11-2-3-13-14(8-11)22-7-6-21-13/h2-5,8-10H,6-7H2,1H3,(H,19,20). The predicted molar refractivity (Wildman–Crippen MR) is 82.6 cm³/mol. The Balaban J connectivity index is 1.74. The van der Waals surface area contributed by atoms with E-state index in [0.717, 1.165) is 11.3 Å². The second-order valence-corrected chi connectivity index (χ2v) is 5.35. The summed E-state index contributed by atoms with van der Waals surface area (Å²) in [5, 5.41) is 3.22. The first kappa shape index (κ1) is 14.7. The molecule has 0 saturated heterocycles. The van der Waals surface area contributed by atoms with Crippen LogP contribution in [0.3, 0.4) is 0 Å². The van der Waals surface area contributed by atoms with Gasteiger partial charge in [0.05, 0.1) is 6.04 Å². The SMILES string of the molecule is CC(NC(=O)c1ccnc(Cl)c1)c1ccc2c(c1)OCCO2. The van der Waals surface area contributed by atoms with Gasteiger partial charge in [-0.05, 0) is 36.8 Å². The Hall–Kier alpha value is -2.27. The van der Waals surface area contributed by atoms with Gasteiger partial charge in [0.15, 0.2) is 11.5 Å². The van der Waals surface area contributed by atoms with Gasteiger partial charge in [-0.25, -0.2) is 4.98 Å². The minimum atomic E-state index is -0.202. The lowest BCUT2D eigenvalue weighted by molar-refractivity contribution is 0.0939. The first-order valence-electron chi connectivity index (χ1n) is 6.95. The Labute approximate surface area is 133 Å². The van der Waals surface area contributed by atoms with Crippen LogP contribution in [-0.2, 0) is 0 Å². The number of pyridine rings is 1. The zero-order valence-corrected chi connectivity index (χ0v) is 12.8. The van der Waals surface area contributed by atoms with Crippen LogP contribution < -0.4 is 14.8 Å². The highest BCUT2D eigenvalue weighted by Gasteiger charge is 2.16. The van der Waals surface area contributed by atoms with Crippen molar-refractivity contribution in [2.45, 2.75) is 13.0 Å². The van der Waals surface area contributed by atoms with Gasteiger partial charge in [-0.2, -0.15) is 0 Å². The lowest BCUT2D eigenvalue weighted by Gasteiger charge is -2.21. The zero-order valence-electron chi connectivity index (χ0n) is 12.0. The lowest BCUT2D eigenvalue weighted by Crippen LogP contribution is -2.27. The van der Waals surface area contributed by atoms with Crippen molar-refractivity contribution >= 4 is 17.5 Å². The fourth-order valence-corrected chi connectivity index (χ4v) is 2.41. The zero-order chi connectivity index (χ0) is 15.5. The van der Waals surface area contributed by atoms with Crippen LogP contribution in [0.15, 0.2) is 36.5 Å². The van der Waals surface area contributed by atoms with E-state index in [4.69, 9.17) is 21.1 Å². The number of halogens is 1. The van der Waals surface area contributed by atoms with Gasteiger partial charge in [0, 0.05) is 11.8 Å². The first-order valence-corrected chi connectivity index (χ1v) is 7.33. The molecular formula is C16H15ClN2O3. The van der Waals surface area contributed by atoms with Gasteiger partial charge in [-0.15, -0.1) is 0 Å². The topological polar surface area (TPSA) is 60.5 Å². The van der Waals surface area contributed by atoms with Gasteiger partial charge in [0.2, 0.25) is 0 Å². The molecule has 114 valence electrons. The molecule has 0 spiro atoms. The van der Waals surface area contributed by atoms with E-state index in [1.165, 1.54) is 12.3 Å². The van der Waals surface area contributed by atoms with E-state index in [-0.39, 0.29) is 11.9 Å². The number of fused-ring (bicyclic) bond motifs is 1. The average Bonchev–Trinajstić information content (AvgIpc) is 2.54. The summed E-state index contributed by atoms with van der Waals surface area (Å²) in [6.07, 6.45) is 1.51. The van der Waals surface area contributed by atoms with Crippen LogP contribution in [0.1, 0.15) is 28.9 Å². The Kier molecular flexibility index (Phi) is 4.15. The average molecular weight is 319 g/mol. The Morgan fingerprint density at radius 2 is 2.00 bits per heavy atom. The molecule has 1 aliphatic rings. The molecule has 22 heavy (non-hydrogen) atoms. The van der Waals surface area contributed by atoms with Crippen molar-refractivity contribution in [2.75, 3.05) is 13.2 Å². The molecule has 6 heteroatoms. The molecule has 0 aliphatic carbocycles. The van der Waals surface area contributed by atoms with Gasteiger partial charge in [0.25, 0.3) is 5.91 Å². The fraction of sp³-hybridized carbons (Fsp3) is 0.250. The maximum absolute atomic E-state index is 12.2. The Morgan fingerprint density at radius 3 is 2.77 bits per heavy atom. The van der Waals surface area contributed by atoms with Crippen LogP contribution in [0.25, 0.3) is 0 Å². The second-order valence-electron chi connectivity index (χ2n) is 4.97. The number of amides is 1. The molecule has 1 N–H and O–H groups in total. The van der Waals surface area contributed by atoms with E-state index in [0.29, 0.717) is 29.7 Å². The minimum absolute atomic E-state index is 0.171. The van der Waals surface area contributed by atoms with Crippen molar-refractivity contribution in [2.24, 2.45) is 0 Å².